The number of carbonyl (C=O) groups is 2. The molecule has 1 N–H and O–H groups in total. The van der Waals surface area contributed by atoms with Crippen LogP contribution in [0.3, 0.4) is 0 Å². The van der Waals surface area contributed by atoms with Crippen LogP contribution in [0.2, 0.25) is 10.0 Å². The fourth-order valence-electron chi connectivity index (χ4n) is 4.03. The lowest BCUT2D eigenvalue weighted by molar-refractivity contribution is -0.140. The molecule has 3 aromatic carbocycles. The van der Waals surface area contributed by atoms with Gasteiger partial charge in [-0.1, -0.05) is 89.4 Å². The van der Waals surface area contributed by atoms with Crippen molar-refractivity contribution in [2.24, 2.45) is 5.92 Å². The van der Waals surface area contributed by atoms with Crippen molar-refractivity contribution in [3.05, 3.63) is 98.4 Å². The minimum absolute atomic E-state index is 0.0284. The van der Waals surface area contributed by atoms with Crippen LogP contribution in [0.15, 0.2) is 77.3 Å². The second-order valence-electron chi connectivity index (χ2n) is 9.85. The predicted octanol–water partition coefficient (Wildman–Crippen LogP) is 5.93. The number of benzene rings is 3. The van der Waals surface area contributed by atoms with Gasteiger partial charge in [0.1, 0.15) is 12.6 Å². The lowest BCUT2D eigenvalue weighted by Crippen LogP contribution is -2.53. The maximum Gasteiger partial charge on any atom is 0.244 e. The number of anilines is 1. The van der Waals surface area contributed by atoms with Gasteiger partial charge in [0.15, 0.2) is 0 Å². The third-order valence-corrected chi connectivity index (χ3v) is 8.36. The Morgan fingerprint density at radius 2 is 1.62 bits per heavy atom. The number of hydrogen-bond donors (Lipinski definition) is 1. The Balaban J connectivity index is 2.06. The molecule has 0 fully saturated rings. The van der Waals surface area contributed by atoms with E-state index in [1.54, 1.807) is 42.5 Å². The van der Waals surface area contributed by atoms with Gasteiger partial charge < -0.3 is 10.2 Å². The number of halogens is 3. The topological polar surface area (TPSA) is 86.8 Å². The molecule has 0 aliphatic carbocycles. The summed E-state index contributed by atoms with van der Waals surface area (Å²) >= 11 is 15.9. The zero-order chi connectivity index (χ0) is 29.4. The van der Waals surface area contributed by atoms with Crippen LogP contribution in [0.25, 0.3) is 0 Å². The first-order valence-electron chi connectivity index (χ1n) is 12.6. The van der Waals surface area contributed by atoms with Crippen molar-refractivity contribution in [2.45, 2.75) is 32.9 Å². The molecule has 0 heterocycles. The summed E-state index contributed by atoms with van der Waals surface area (Å²) in [6.07, 6.45) is 1.26. The van der Waals surface area contributed by atoms with Crippen LogP contribution in [0.4, 0.5) is 5.69 Å². The Bertz CT molecular complexity index is 1420. The summed E-state index contributed by atoms with van der Waals surface area (Å²) in [6, 6.07) is 19.9. The van der Waals surface area contributed by atoms with Gasteiger partial charge in [-0.15, -0.1) is 0 Å². The highest BCUT2D eigenvalue weighted by molar-refractivity contribution is 9.10. The first-order chi connectivity index (χ1) is 18.8. The molecule has 214 valence electrons. The first-order valence-corrected chi connectivity index (χ1v) is 16.0. The van der Waals surface area contributed by atoms with Gasteiger partial charge in [-0.05, 0) is 53.4 Å². The molecule has 3 aromatic rings. The summed E-state index contributed by atoms with van der Waals surface area (Å²) in [5, 5.41) is 3.71. The van der Waals surface area contributed by atoms with Gasteiger partial charge in [0.25, 0.3) is 0 Å². The summed E-state index contributed by atoms with van der Waals surface area (Å²) in [4.78, 5) is 29.1. The Morgan fingerprint density at radius 3 is 2.20 bits per heavy atom. The molecule has 0 saturated carbocycles. The average Bonchev–Trinajstić information content (AvgIpc) is 2.89. The lowest BCUT2D eigenvalue weighted by atomic mass is 10.0. The molecule has 40 heavy (non-hydrogen) atoms. The molecule has 0 aliphatic heterocycles. The molecular weight excluding hydrogens is 637 g/mol. The summed E-state index contributed by atoms with van der Waals surface area (Å²) in [7, 11) is -3.85. The number of sulfonamides is 1. The molecule has 0 bridgehead atoms. The number of carbonyl (C=O) groups excluding carboxylic acids is 2. The highest BCUT2D eigenvalue weighted by Gasteiger charge is 2.33. The van der Waals surface area contributed by atoms with Gasteiger partial charge in [0.05, 0.1) is 11.9 Å². The SMILES string of the molecule is CC(C)CNC(=O)[C@H](Cc1ccccc1)N(Cc1ccc(Cl)cc1Cl)C(=O)CN(c1ccc(Br)cc1)S(C)(=O)=O. The standard InChI is InChI=1S/C29H32BrCl2N3O4S/c1-20(2)17-33-29(37)27(15-21-7-5-4-6-8-21)34(18-22-9-12-24(31)16-26(22)32)28(36)19-35(40(3,38)39)25-13-10-23(30)11-14-25/h4-14,16,20,27H,15,17-19H2,1-3H3,(H,33,37)/t27-/m0/s1. The van der Waals surface area contributed by atoms with E-state index in [-0.39, 0.29) is 24.8 Å². The van der Waals surface area contributed by atoms with Crippen molar-refractivity contribution < 1.29 is 18.0 Å². The van der Waals surface area contributed by atoms with Crippen LogP contribution in [0.1, 0.15) is 25.0 Å². The Hall–Kier alpha value is -2.59. The van der Waals surface area contributed by atoms with E-state index in [2.05, 4.69) is 21.2 Å². The van der Waals surface area contributed by atoms with Crippen molar-refractivity contribution in [3.8, 4) is 0 Å². The summed E-state index contributed by atoms with van der Waals surface area (Å²) in [6.45, 7) is 3.84. The van der Waals surface area contributed by atoms with Crippen LogP contribution in [-0.2, 0) is 32.6 Å². The average molecular weight is 669 g/mol. The minimum Gasteiger partial charge on any atom is -0.354 e. The van der Waals surface area contributed by atoms with Crippen LogP contribution in [0, 0.1) is 5.92 Å². The Morgan fingerprint density at radius 1 is 0.975 bits per heavy atom. The molecule has 3 rings (SSSR count). The summed E-state index contributed by atoms with van der Waals surface area (Å²) in [5.41, 5.74) is 1.75. The molecular formula is C29H32BrCl2N3O4S. The molecule has 0 radical (unpaired) electrons. The van der Waals surface area contributed by atoms with Crippen LogP contribution < -0.4 is 9.62 Å². The van der Waals surface area contributed by atoms with Crippen molar-refractivity contribution >= 4 is 66.7 Å². The van der Waals surface area contributed by atoms with Gasteiger partial charge >= 0.3 is 0 Å². The monoisotopic (exact) mass is 667 g/mol. The maximum atomic E-state index is 14.1. The third kappa shape index (κ3) is 9.23. The highest BCUT2D eigenvalue weighted by Crippen LogP contribution is 2.26. The number of nitrogens with zero attached hydrogens (tertiary/aromatic N) is 2. The molecule has 2 amide bonds. The second-order valence-corrected chi connectivity index (χ2v) is 13.5. The van der Waals surface area contributed by atoms with Gasteiger partial charge in [-0.3, -0.25) is 13.9 Å². The smallest absolute Gasteiger partial charge is 0.244 e. The van der Waals surface area contributed by atoms with E-state index in [1.807, 2.05) is 44.2 Å². The summed E-state index contributed by atoms with van der Waals surface area (Å²) < 4.78 is 27.4. The third-order valence-electron chi connectivity index (χ3n) is 6.11. The first kappa shape index (κ1) is 31.9. The van der Waals surface area contributed by atoms with E-state index in [4.69, 9.17) is 23.2 Å². The van der Waals surface area contributed by atoms with Crippen molar-refractivity contribution in [2.75, 3.05) is 23.7 Å². The largest absolute Gasteiger partial charge is 0.354 e. The summed E-state index contributed by atoms with van der Waals surface area (Å²) in [5.74, 6) is -0.708. The van der Waals surface area contributed by atoms with Crippen LogP contribution in [0.5, 0.6) is 0 Å². The highest BCUT2D eigenvalue weighted by atomic mass is 79.9. The molecule has 1 atom stereocenters. The van der Waals surface area contributed by atoms with Crippen LogP contribution >= 0.6 is 39.1 Å². The van der Waals surface area contributed by atoms with Gasteiger partial charge in [0.2, 0.25) is 21.8 Å². The number of nitrogens with one attached hydrogen (secondary N) is 1. The van der Waals surface area contributed by atoms with E-state index < -0.39 is 28.5 Å². The van der Waals surface area contributed by atoms with Gasteiger partial charge in [0, 0.05) is 34.0 Å². The predicted molar refractivity (Wildman–Crippen MR) is 165 cm³/mol. The van der Waals surface area contributed by atoms with E-state index in [1.165, 1.54) is 4.90 Å². The normalized spacial score (nSPS) is 12.2. The van der Waals surface area contributed by atoms with Gasteiger partial charge in [-0.2, -0.15) is 0 Å². The number of amides is 2. The lowest BCUT2D eigenvalue weighted by Gasteiger charge is -2.34. The van der Waals surface area contributed by atoms with Crippen molar-refractivity contribution in [3.63, 3.8) is 0 Å². The molecule has 0 saturated heterocycles. The molecule has 0 aliphatic rings. The van der Waals surface area contributed by atoms with Gasteiger partial charge in [-0.25, -0.2) is 8.42 Å². The van der Waals surface area contributed by atoms with Crippen LogP contribution in [-0.4, -0.2) is 50.5 Å². The van der Waals surface area contributed by atoms with Crippen molar-refractivity contribution in [1.82, 2.24) is 10.2 Å². The Labute approximate surface area is 254 Å². The minimum atomic E-state index is -3.85. The van der Waals surface area contributed by atoms with E-state index in [0.29, 0.717) is 27.8 Å². The van der Waals surface area contributed by atoms with Crippen molar-refractivity contribution in [1.29, 1.82) is 0 Å². The molecule has 11 heteroatoms. The zero-order valence-electron chi connectivity index (χ0n) is 22.5. The maximum absolute atomic E-state index is 14.1. The fourth-order valence-corrected chi connectivity index (χ4v) is 5.61. The fraction of sp³-hybridized carbons (Fsp3) is 0.310. The number of hydrogen-bond acceptors (Lipinski definition) is 4. The van der Waals surface area contributed by atoms with E-state index >= 15 is 0 Å². The molecule has 0 spiro atoms. The quantitative estimate of drug-likeness (QED) is 0.259. The number of rotatable bonds is 12. The second kappa shape index (κ2) is 14.3. The molecule has 0 unspecified atom stereocenters. The Kier molecular flexibility index (Phi) is 11.5. The molecule has 0 aromatic heterocycles. The van der Waals surface area contributed by atoms with E-state index in [0.717, 1.165) is 20.6 Å². The van der Waals surface area contributed by atoms with E-state index in [9.17, 15) is 18.0 Å². The molecule has 7 nitrogen and oxygen atoms in total. The zero-order valence-corrected chi connectivity index (χ0v) is 26.4.